The van der Waals surface area contributed by atoms with Crippen LogP contribution in [0.3, 0.4) is 0 Å². The van der Waals surface area contributed by atoms with Gasteiger partial charge < -0.3 is 5.73 Å². The average Bonchev–Trinajstić information content (AvgIpc) is 2.36. The molecule has 0 aromatic heterocycles. The number of anilines is 1. The molecule has 0 unspecified atom stereocenters. The van der Waals surface area contributed by atoms with E-state index in [-0.39, 0.29) is 21.2 Å². The zero-order chi connectivity index (χ0) is 14.9. The van der Waals surface area contributed by atoms with E-state index in [1.54, 1.807) is 0 Å². The maximum absolute atomic E-state index is 13.6. The van der Waals surface area contributed by atoms with Gasteiger partial charge in [-0.25, -0.2) is 17.2 Å². The first kappa shape index (κ1) is 14.7. The fourth-order valence-corrected chi connectivity index (χ4v) is 3.16. The van der Waals surface area contributed by atoms with Gasteiger partial charge >= 0.3 is 0 Å². The van der Waals surface area contributed by atoms with Crippen LogP contribution in [-0.2, 0) is 15.6 Å². The molecule has 0 saturated heterocycles. The van der Waals surface area contributed by atoms with Gasteiger partial charge in [-0.2, -0.15) is 0 Å². The molecule has 0 radical (unpaired) electrons. The number of hydrogen-bond donors (Lipinski definition) is 1. The Morgan fingerprint density at radius 2 is 1.75 bits per heavy atom. The lowest BCUT2D eigenvalue weighted by atomic mass is 10.2. The van der Waals surface area contributed by atoms with Crippen LogP contribution in [0.1, 0.15) is 5.56 Å². The lowest BCUT2D eigenvalue weighted by molar-refractivity contribution is 0.584. The maximum Gasteiger partial charge on any atom is 0.182 e. The molecule has 0 saturated carbocycles. The lowest BCUT2D eigenvalue weighted by Gasteiger charge is -2.07. The van der Waals surface area contributed by atoms with Gasteiger partial charge in [0, 0.05) is 10.6 Å². The number of halogens is 3. The van der Waals surface area contributed by atoms with Crippen molar-refractivity contribution in [1.82, 2.24) is 0 Å². The number of nitrogen functional groups attached to an aromatic ring is 1. The molecule has 0 amide bonds. The third kappa shape index (κ3) is 3.08. The molecule has 0 aliphatic heterocycles. The van der Waals surface area contributed by atoms with E-state index in [1.807, 2.05) is 0 Å². The average molecular weight is 318 g/mol. The van der Waals surface area contributed by atoms with Crippen LogP contribution in [0.5, 0.6) is 0 Å². The summed E-state index contributed by atoms with van der Waals surface area (Å²) in [4.78, 5) is -0.251. The van der Waals surface area contributed by atoms with Gasteiger partial charge in [-0.05, 0) is 30.3 Å². The molecule has 0 spiro atoms. The summed E-state index contributed by atoms with van der Waals surface area (Å²) in [5.41, 5.74) is 5.09. The fourth-order valence-electron chi connectivity index (χ4n) is 1.63. The molecule has 0 atom stereocenters. The van der Waals surface area contributed by atoms with Crippen LogP contribution < -0.4 is 5.73 Å². The van der Waals surface area contributed by atoms with Gasteiger partial charge in [0.05, 0.1) is 16.3 Å². The van der Waals surface area contributed by atoms with Crippen molar-refractivity contribution in [1.29, 1.82) is 0 Å². The molecular formula is C13H10ClF2NO2S. The van der Waals surface area contributed by atoms with E-state index >= 15 is 0 Å². The van der Waals surface area contributed by atoms with Gasteiger partial charge in [-0.1, -0.05) is 17.7 Å². The largest absolute Gasteiger partial charge is 0.396 e. The zero-order valence-corrected chi connectivity index (χ0v) is 11.7. The van der Waals surface area contributed by atoms with Crippen molar-refractivity contribution < 1.29 is 17.2 Å². The molecule has 7 heteroatoms. The number of hydrogen-bond acceptors (Lipinski definition) is 3. The fraction of sp³-hybridized carbons (Fsp3) is 0.0769. The summed E-state index contributed by atoms with van der Waals surface area (Å²) in [5.74, 6) is -2.14. The van der Waals surface area contributed by atoms with Crippen LogP contribution in [0, 0.1) is 11.6 Å². The second-order valence-corrected chi connectivity index (χ2v) is 6.60. The van der Waals surface area contributed by atoms with Crippen molar-refractivity contribution in [2.45, 2.75) is 10.6 Å². The van der Waals surface area contributed by atoms with E-state index in [9.17, 15) is 17.2 Å². The molecule has 3 nitrogen and oxygen atoms in total. The second kappa shape index (κ2) is 5.38. The summed E-state index contributed by atoms with van der Waals surface area (Å²) in [7, 11) is -3.87. The Balaban J connectivity index is 2.38. The van der Waals surface area contributed by atoms with Gasteiger partial charge in [0.25, 0.3) is 0 Å². The van der Waals surface area contributed by atoms with Gasteiger partial charge in [0.2, 0.25) is 0 Å². The first-order valence-electron chi connectivity index (χ1n) is 5.51. The van der Waals surface area contributed by atoms with Crippen LogP contribution in [0.2, 0.25) is 5.02 Å². The van der Waals surface area contributed by atoms with Crippen molar-refractivity contribution in [3.05, 3.63) is 58.6 Å². The smallest absolute Gasteiger partial charge is 0.182 e. The summed E-state index contributed by atoms with van der Waals surface area (Å²) in [6, 6.07) is 6.85. The van der Waals surface area contributed by atoms with Crippen LogP contribution in [0.15, 0.2) is 41.3 Å². The summed E-state index contributed by atoms with van der Waals surface area (Å²) in [6.07, 6.45) is 0. The van der Waals surface area contributed by atoms with E-state index in [2.05, 4.69) is 0 Å². The Morgan fingerprint density at radius 3 is 2.35 bits per heavy atom. The van der Waals surface area contributed by atoms with Gasteiger partial charge in [0.1, 0.15) is 11.6 Å². The van der Waals surface area contributed by atoms with Crippen LogP contribution >= 0.6 is 11.6 Å². The van der Waals surface area contributed by atoms with Crippen molar-refractivity contribution >= 4 is 27.1 Å². The maximum atomic E-state index is 13.6. The molecule has 106 valence electrons. The Labute approximate surface area is 119 Å². The highest BCUT2D eigenvalue weighted by Gasteiger charge is 2.19. The van der Waals surface area contributed by atoms with Crippen LogP contribution in [0.25, 0.3) is 0 Å². The zero-order valence-electron chi connectivity index (χ0n) is 10.1. The predicted molar refractivity (Wildman–Crippen MR) is 73.1 cm³/mol. The molecule has 0 fully saturated rings. The van der Waals surface area contributed by atoms with Crippen LogP contribution in [-0.4, -0.2) is 8.42 Å². The van der Waals surface area contributed by atoms with E-state index < -0.39 is 27.2 Å². The van der Waals surface area contributed by atoms with Gasteiger partial charge in [-0.15, -0.1) is 0 Å². The van der Waals surface area contributed by atoms with Crippen molar-refractivity contribution in [2.75, 3.05) is 5.73 Å². The first-order valence-corrected chi connectivity index (χ1v) is 7.54. The summed E-state index contributed by atoms with van der Waals surface area (Å²) in [6.45, 7) is 0. The van der Waals surface area contributed by atoms with E-state index in [1.165, 1.54) is 18.2 Å². The molecule has 0 aliphatic carbocycles. The van der Waals surface area contributed by atoms with Gasteiger partial charge in [-0.3, -0.25) is 0 Å². The molecule has 0 bridgehead atoms. The molecule has 2 rings (SSSR count). The lowest BCUT2D eigenvalue weighted by Crippen LogP contribution is -2.07. The molecular weight excluding hydrogens is 308 g/mol. The molecule has 20 heavy (non-hydrogen) atoms. The molecule has 2 aromatic carbocycles. The molecule has 2 aromatic rings. The predicted octanol–water partition coefficient (Wildman–Crippen LogP) is 3.17. The minimum Gasteiger partial charge on any atom is -0.396 e. The third-order valence-corrected chi connectivity index (χ3v) is 4.59. The Hall–Kier alpha value is -1.66. The van der Waals surface area contributed by atoms with Crippen molar-refractivity contribution in [3.8, 4) is 0 Å². The Bertz CT molecular complexity index is 763. The minimum absolute atomic E-state index is 0.0355. The highest BCUT2D eigenvalue weighted by molar-refractivity contribution is 7.90. The quantitative estimate of drug-likeness (QED) is 0.884. The highest BCUT2D eigenvalue weighted by Crippen LogP contribution is 2.23. The van der Waals surface area contributed by atoms with E-state index in [4.69, 9.17) is 17.3 Å². The Kier molecular flexibility index (Phi) is 3.96. The molecule has 0 heterocycles. The number of benzene rings is 2. The van der Waals surface area contributed by atoms with Crippen molar-refractivity contribution in [2.24, 2.45) is 0 Å². The summed E-state index contributed by atoms with van der Waals surface area (Å²) in [5, 5.41) is 0.169. The molecule has 2 N–H and O–H groups in total. The standard InChI is InChI=1S/C13H10ClF2NO2S/c14-9-2-1-8(11(15)5-9)7-20(18,19)10-3-4-13(17)12(16)6-10/h1-6H,7,17H2. The first-order chi connectivity index (χ1) is 9.29. The highest BCUT2D eigenvalue weighted by atomic mass is 35.5. The molecule has 0 aliphatic rings. The summed E-state index contributed by atoms with van der Waals surface area (Å²) < 4.78 is 51.1. The van der Waals surface area contributed by atoms with Crippen molar-refractivity contribution in [3.63, 3.8) is 0 Å². The monoisotopic (exact) mass is 317 g/mol. The Morgan fingerprint density at radius 1 is 1.05 bits per heavy atom. The topological polar surface area (TPSA) is 60.2 Å². The number of nitrogens with two attached hydrogens (primary N) is 1. The third-order valence-electron chi connectivity index (χ3n) is 2.69. The minimum atomic E-state index is -3.87. The SMILES string of the molecule is Nc1ccc(S(=O)(=O)Cc2ccc(Cl)cc2F)cc1F. The number of rotatable bonds is 3. The summed E-state index contributed by atoms with van der Waals surface area (Å²) >= 11 is 5.59. The second-order valence-electron chi connectivity index (χ2n) is 4.18. The van der Waals surface area contributed by atoms with E-state index in [0.717, 1.165) is 18.2 Å². The van der Waals surface area contributed by atoms with Gasteiger partial charge in [0.15, 0.2) is 9.84 Å². The normalized spacial score (nSPS) is 11.6. The van der Waals surface area contributed by atoms with E-state index in [0.29, 0.717) is 0 Å². The van der Waals surface area contributed by atoms with Crippen LogP contribution in [0.4, 0.5) is 14.5 Å². The number of sulfone groups is 1.